The Bertz CT molecular complexity index is 1400. The van der Waals surface area contributed by atoms with Crippen molar-refractivity contribution >= 4 is 29.2 Å². The van der Waals surface area contributed by atoms with Gasteiger partial charge in [-0.25, -0.2) is 0 Å². The minimum atomic E-state index is -0.392. The van der Waals surface area contributed by atoms with Crippen LogP contribution in [0.4, 0.5) is 17.1 Å². The second kappa shape index (κ2) is 7.11. The van der Waals surface area contributed by atoms with Crippen LogP contribution in [-0.4, -0.2) is 59.8 Å². The van der Waals surface area contributed by atoms with Crippen LogP contribution in [0.25, 0.3) is 0 Å². The third kappa shape index (κ3) is 2.56. The predicted octanol–water partition coefficient (Wildman–Crippen LogP) is 3.75. The summed E-state index contributed by atoms with van der Waals surface area (Å²) in [6.45, 7) is 2.68. The van der Waals surface area contributed by atoms with Crippen LogP contribution in [0.15, 0.2) is 59.1 Å². The van der Waals surface area contributed by atoms with Crippen LogP contribution < -0.4 is 4.90 Å². The molecule has 0 unspecified atom stereocenters. The first kappa shape index (κ1) is 20.8. The zero-order chi connectivity index (χ0) is 24.2. The number of fused-ring (bicyclic) bond motifs is 2. The Labute approximate surface area is 208 Å². The summed E-state index contributed by atoms with van der Waals surface area (Å²) in [5.74, 6) is 0.998. The van der Waals surface area contributed by atoms with Crippen molar-refractivity contribution in [2.45, 2.75) is 42.9 Å². The van der Waals surface area contributed by atoms with Crippen LogP contribution >= 0.6 is 0 Å². The molecule has 6 aliphatic rings. The zero-order valence-electron chi connectivity index (χ0n) is 19.7. The average molecular weight is 483 g/mol. The minimum Gasteiger partial charge on any atom is -0.373 e. The SMILES string of the molecule is O=C1C[C@@H]2OCC=C3CN4CC[C@]56c7cc(N=Cc8cccc([N+](=O)[O-])c8)ccc7N1[C@@H]5[C@@H]2[C@H]3C[C@@H]46. The van der Waals surface area contributed by atoms with Gasteiger partial charge < -0.3 is 9.64 Å². The third-order valence-corrected chi connectivity index (χ3v) is 9.74. The number of carbonyl (C=O) groups excluding carboxylic acids is 1. The maximum Gasteiger partial charge on any atom is 0.270 e. The molecule has 1 aliphatic carbocycles. The maximum absolute atomic E-state index is 13.6. The molecule has 1 saturated carbocycles. The molecule has 0 radical (unpaired) electrons. The van der Waals surface area contributed by atoms with E-state index in [1.54, 1.807) is 12.3 Å². The molecule has 5 aliphatic heterocycles. The number of non-ortho nitro benzene ring substituents is 1. The van der Waals surface area contributed by atoms with Gasteiger partial charge in [-0.05, 0) is 54.6 Å². The highest BCUT2D eigenvalue weighted by Gasteiger charge is 2.71. The van der Waals surface area contributed by atoms with Crippen LogP contribution in [-0.2, 0) is 14.9 Å². The fourth-order valence-corrected chi connectivity index (χ4v) is 8.49. The molecule has 1 spiro atoms. The fourth-order valence-electron chi connectivity index (χ4n) is 8.49. The van der Waals surface area contributed by atoms with Gasteiger partial charge in [-0.3, -0.25) is 24.8 Å². The first-order chi connectivity index (χ1) is 17.5. The molecule has 4 fully saturated rings. The molecule has 0 N–H and O–H groups in total. The lowest BCUT2D eigenvalue weighted by molar-refractivity contribution is -0.384. The second-order valence-corrected chi connectivity index (χ2v) is 11.1. The van der Waals surface area contributed by atoms with Crippen molar-refractivity contribution in [3.63, 3.8) is 0 Å². The highest BCUT2D eigenvalue weighted by molar-refractivity contribution is 5.99. The van der Waals surface area contributed by atoms with Gasteiger partial charge in [-0.2, -0.15) is 0 Å². The van der Waals surface area contributed by atoms with E-state index in [1.165, 1.54) is 23.3 Å². The third-order valence-electron chi connectivity index (χ3n) is 9.74. The van der Waals surface area contributed by atoms with Gasteiger partial charge in [0.2, 0.25) is 5.91 Å². The second-order valence-electron chi connectivity index (χ2n) is 11.1. The number of carbonyl (C=O) groups is 1. The molecule has 0 aromatic heterocycles. The lowest BCUT2D eigenvalue weighted by Crippen LogP contribution is -2.69. The average Bonchev–Trinajstić information content (AvgIpc) is 3.35. The van der Waals surface area contributed by atoms with Crippen molar-refractivity contribution in [2.75, 3.05) is 24.6 Å². The van der Waals surface area contributed by atoms with Gasteiger partial charge in [0.25, 0.3) is 5.69 Å². The summed E-state index contributed by atoms with van der Waals surface area (Å²) < 4.78 is 6.32. The van der Waals surface area contributed by atoms with E-state index >= 15 is 0 Å². The molecule has 8 nitrogen and oxygen atoms in total. The van der Waals surface area contributed by atoms with Gasteiger partial charge in [0.05, 0.1) is 35.8 Å². The van der Waals surface area contributed by atoms with Crippen molar-refractivity contribution in [2.24, 2.45) is 16.8 Å². The molecule has 5 heterocycles. The number of hydrogen-bond donors (Lipinski definition) is 0. The van der Waals surface area contributed by atoms with Crippen molar-refractivity contribution in [1.29, 1.82) is 0 Å². The van der Waals surface area contributed by atoms with E-state index < -0.39 is 4.92 Å². The van der Waals surface area contributed by atoms with E-state index in [-0.39, 0.29) is 29.2 Å². The molecule has 2 aromatic carbocycles. The Kier molecular flexibility index (Phi) is 4.11. The number of benzene rings is 2. The van der Waals surface area contributed by atoms with Gasteiger partial charge in [0, 0.05) is 48.0 Å². The van der Waals surface area contributed by atoms with Gasteiger partial charge in [-0.15, -0.1) is 0 Å². The van der Waals surface area contributed by atoms with Crippen LogP contribution in [0.5, 0.6) is 0 Å². The first-order valence-corrected chi connectivity index (χ1v) is 12.8. The van der Waals surface area contributed by atoms with Crippen molar-refractivity contribution in [3.05, 3.63) is 75.4 Å². The van der Waals surface area contributed by atoms with Gasteiger partial charge in [0.15, 0.2) is 0 Å². The van der Waals surface area contributed by atoms with Crippen LogP contribution in [0.1, 0.15) is 30.4 Å². The van der Waals surface area contributed by atoms with E-state index in [1.807, 2.05) is 12.1 Å². The number of anilines is 1. The van der Waals surface area contributed by atoms with E-state index in [2.05, 4.69) is 28.0 Å². The Morgan fingerprint density at radius 1 is 1.22 bits per heavy atom. The summed E-state index contributed by atoms with van der Waals surface area (Å²) in [4.78, 5) is 33.8. The van der Waals surface area contributed by atoms with Crippen LogP contribution in [0.2, 0.25) is 0 Å². The van der Waals surface area contributed by atoms with Gasteiger partial charge >= 0.3 is 0 Å². The topological polar surface area (TPSA) is 88.3 Å². The molecule has 36 heavy (non-hydrogen) atoms. The molecule has 2 bridgehead atoms. The maximum atomic E-state index is 13.6. The first-order valence-electron chi connectivity index (χ1n) is 12.8. The standard InChI is InChI=1S/C28H26N4O4/c33-25-13-23-26-20-12-24-28(7-8-30(24)15-17(20)6-9-36-23)21-11-18(4-5-22(21)31(25)27(26)28)29-14-16-2-1-3-19(10-16)32(34)35/h1-6,10-11,14,20,23-24,26-27H,7-9,12-13,15H2/t20-,23-,24+,26+,27+,28+/m0/s1. The number of nitro benzene ring substituents is 1. The highest BCUT2D eigenvalue weighted by atomic mass is 16.6. The number of piperidine rings is 2. The molecule has 8 rings (SSSR count). The Morgan fingerprint density at radius 2 is 2.14 bits per heavy atom. The fraction of sp³-hybridized carbons (Fsp3) is 0.429. The lowest BCUT2D eigenvalue weighted by atomic mass is 9.53. The quantitative estimate of drug-likeness (QED) is 0.288. The number of aliphatic imine (C=N–C) groups is 1. The number of ether oxygens (including phenoxy) is 1. The molecule has 182 valence electrons. The highest BCUT2D eigenvalue weighted by Crippen LogP contribution is 2.66. The van der Waals surface area contributed by atoms with Crippen LogP contribution in [0.3, 0.4) is 0 Å². The van der Waals surface area contributed by atoms with Gasteiger partial charge in [0.1, 0.15) is 0 Å². The largest absolute Gasteiger partial charge is 0.373 e. The van der Waals surface area contributed by atoms with E-state index in [9.17, 15) is 14.9 Å². The molecule has 2 aromatic rings. The summed E-state index contributed by atoms with van der Waals surface area (Å²) in [7, 11) is 0. The molecule has 3 saturated heterocycles. The molecule has 8 heteroatoms. The number of rotatable bonds is 3. The number of amides is 1. The number of nitrogens with zero attached hydrogens (tertiary/aromatic N) is 4. The predicted molar refractivity (Wildman–Crippen MR) is 134 cm³/mol. The minimum absolute atomic E-state index is 0.0110. The summed E-state index contributed by atoms with van der Waals surface area (Å²) in [5, 5.41) is 11.1. The zero-order valence-corrected chi connectivity index (χ0v) is 19.7. The van der Waals surface area contributed by atoms with Crippen molar-refractivity contribution in [3.8, 4) is 0 Å². The van der Waals surface area contributed by atoms with Gasteiger partial charge in [-0.1, -0.05) is 23.8 Å². The monoisotopic (exact) mass is 482 g/mol. The van der Waals surface area contributed by atoms with E-state index in [0.29, 0.717) is 36.5 Å². The summed E-state index contributed by atoms with van der Waals surface area (Å²) in [5.41, 5.74) is 5.26. The molecule has 1 amide bonds. The number of hydrogen-bond acceptors (Lipinski definition) is 6. The summed E-state index contributed by atoms with van der Waals surface area (Å²) in [6.07, 6.45) is 6.60. The Balaban J connectivity index is 1.25. The van der Waals surface area contributed by atoms with Crippen LogP contribution in [0, 0.1) is 22.0 Å². The van der Waals surface area contributed by atoms with Crippen molar-refractivity contribution < 1.29 is 14.5 Å². The van der Waals surface area contributed by atoms with E-state index in [4.69, 9.17) is 9.73 Å². The molecular weight excluding hydrogens is 456 g/mol. The molecule has 6 atom stereocenters. The Hall–Kier alpha value is -3.36. The summed E-state index contributed by atoms with van der Waals surface area (Å²) >= 11 is 0. The van der Waals surface area contributed by atoms with Crippen molar-refractivity contribution in [1.82, 2.24) is 4.90 Å². The van der Waals surface area contributed by atoms with E-state index in [0.717, 1.165) is 37.3 Å². The molecular formula is C28H26N4O4. The smallest absolute Gasteiger partial charge is 0.270 e. The summed E-state index contributed by atoms with van der Waals surface area (Å²) in [6, 6.07) is 13.3. The number of nitro groups is 1. The lowest BCUT2D eigenvalue weighted by Gasteiger charge is -2.58. The Morgan fingerprint density at radius 3 is 3.03 bits per heavy atom. The normalized spacial score (nSPS) is 35.6.